The number of para-hydroxylation sites is 1. The predicted molar refractivity (Wildman–Crippen MR) is 95.8 cm³/mol. The van der Waals surface area contributed by atoms with Crippen LogP contribution in [0.25, 0.3) is 22.0 Å². The summed E-state index contributed by atoms with van der Waals surface area (Å²) in [5.41, 5.74) is 2.26. The molecule has 2 aromatic carbocycles. The van der Waals surface area contributed by atoms with Gasteiger partial charge in [0.25, 0.3) is 0 Å². The van der Waals surface area contributed by atoms with Crippen LogP contribution in [0.15, 0.2) is 30.5 Å². The Morgan fingerprint density at radius 2 is 2.00 bits per heavy atom. The van der Waals surface area contributed by atoms with Crippen LogP contribution in [0.3, 0.4) is 0 Å². The van der Waals surface area contributed by atoms with Crippen LogP contribution in [0.1, 0.15) is 25.0 Å². The SMILES string of the molecule is Cc1c[nH]c2c(-c3c(F)cc4c(c3F)C[C@@H](O)C(C)(C)N4)cccc12. The van der Waals surface area contributed by atoms with Crippen molar-refractivity contribution in [2.75, 3.05) is 5.32 Å². The molecule has 1 aliphatic rings. The minimum atomic E-state index is -0.753. The highest BCUT2D eigenvalue weighted by Gasteiger charge is 2.36. The second-order valence-corrected chi connectivity index (χ2v) is 7.34. The topological polar surface area (TPSA) is 48.0 Å². The minimum absolute atomic E-state index is 0.0556. The molecule has 4 rings (SSSR count). The molecule has 0 amide bonds. The van der Waals surface area contributed by atoms with Gasteiger partial charge in [-0.2, -0.15) is 0 Å². The number of halogens is 2. The van der Waals surface area contributed by atoms with E-state index < -0.39 is 23.3 Å². The number of H-pyrrole nitrogens is 1. The van der Waals surface area contributed by atoms with E-state index in [1.54, 1.807) is 12.1 Å². The van der Waals surface area contributed by atoms with E-state index in [0.717, 1.165) is 10.9 Å². The van der Waals surface area contributed by atoms with Gasteiger partial charge in [-0.3, -0.25) is 0 Å². The Bertz CT molecular complexity index is 991. The molecule has 0 fully saturated rings. The summed E-state index contributed by atoms with van der Waals surface area (Å²) in [6.07, 6.45) is 1.22. The van der Waals surface area contributed by atoms with Crippen molar-refractivity contribution in [3.8, 4) is 11.1 Å². The zero-order valence-corrected chi connectivity index (χ0v) is 14.4. The number of aromatic amines is 1. The second-order valence-electron chi connectivity index (χ2n) is 7.34. The van der Waals surface area contributed by atoms with E-state index in [-0.39, 0.29) is 12.0 Å². The van der Waals surface area contributed by atoms with Crippen LogP contribution in [0.5, 0.6) is 0 Å². The molecule has 130 valence electrons. The van der Waals surface area contributed by atoms with Gasteiger partial charge < -0.3 is 15.4 Å². The summed E-state index contributed by atoms with van der Waals surface area (Å²) >= 11 is 0. The maximum atomic E-state index is 15.3. The molecule has 5 heteroatoms. The highest BCUT2D eigenvalue weighted by atomic mass is 19.1. The molecule has 3 N–H and O–H groups in total. The van der Waals surface area contributed by atoms with Gasteiger partial charge in [0.15, 0.2) is 0 Å². The molecule has 1 aliphatic heterocycles. The van der Waals surface area contributed by atoms with Crippen LogP contribution < -0.4 is 5.32 Å². The Balaban J connectivity index is 1.96. The fourth-order valence-electron chi connectivity index (χ4n) is 3.60. The highest BCUT2D eigenvalue weighted by molar-refractivity contribution is 5.96. The smallest absolute Gasteiger partial charge is 0.139 e. The summed E-state index contributed by atoms with van der Waals surface area (Å²) in [6, 6.07) is 6.76. The zero-order valence-electron chi connectivity index (χ0n) is 14.4. The third-order valence-corrected chi connectivity index (χ3v) is 5.20. The van der Waals surface area contributed by atoms with Gasteiger partial charge in [0.1, 0.15) is 11.6 Å². The summed E-state index contributed by atoms with van der Waals surface area (Å²) in [6.45, 7) is 5.57. The minimum Gasteiger partial charge on any atom is -0.390 e. The number of hydrogen-bond donors (Lipinski definition) is 3. The van der Waals surface area contributed by atoms with Crippen LogP contribution in [0.4, 0.5) is 14.5 Å². The van der Waals surface area contributed by atoms with Crippen molar-refractivity contribution in [2.45, 2.75) is 38.8 Å². The Labute approximate surface area is 144 Å². The lowest BCUT2D eigenvalue weighted by atomic mass is 9.84. The van der Waals surface area contributed by atoms with Crippen LogP contribution in [0, 0.1) is 18.6 Å². The molecule has 1 aromatic heterocycles. The van der Waals surface area contributed by atoms with Gasteiger partial charge in [-0.25, -0.2) is 8.78 Å². The van der Waals surface area contributed by atoms with Gasteiger partial charge >= 0.3 is 0 Å². The van der Waals surface area contributed by atoms with E-state index in [1.165, 1.54) is 6.07 Å². The third-order valence-electron chi connectivity index (χ3n) is 5.20. The molecule has 0 saturated carbocycles. The van der Waals surface area contributed by atoms with Gasteiger partial charge in [-0.15, -0.1) is 0 Å². The molecule has 0 unspecified atom stereocenters. The summed E-state index contributed by atoms with van der Waals surface area (Å²) in [7, 11) is 0. The Morgan fingerprint density at radius 1 is 1.24 bits per heavy atom. The van der Waals surface area contributed by atoms with Crippen molar-refractivity contribution in [3.05, 3.63) is 53.2 Å². The first kappa shape index (κ1) is 16.1. The first-order chi connectivity index (χ1) is 11.8. The van der Waals surface area contributed by atoms with E-state index in [9.17, 15) is 9.50 Å². The first-order valence-corrected chi connectivity index (χ1v) is 8.34. The van der Waals surface area contributed by atoms with Crippen molar-refractivity contribution in [2.24, 2.45) is 0 Å². The average Bonchev–Trinajstić information content (AvgIpc) is 2.92. The van der Waals surface area contributed by atoms with E-state index in [1.807, 2.05) is 33.0 Å². The lowest BCUT2D eigenvalue weighted by molar-refractivity contribution is 0.109. The van der Waals surface area contributed by atoms with Crippen LogP contribution in [-0.2, 0) is 6.42 Å². The molecule has 1 atom stereocenters. The molecule has 0 spiro atoms. The Morgan fingerprint density at radius 3 is 2.76 bits per heavy atom. The molecule has 0 radical (unpaired) electrons. The van der Waals surface area contributed by atoms with Crippen LogP contribution in [0.2, 0.25) is 0 Å². The van der Waals surface area contributed by atoms with Gasteiger partial charge in [0.2, 0.25) is 0 Å². The second kappa shape index (κ2) is 5.30. The molecule has 3 nitrogen and oxygen atoms in total. The number of fused-ring (bicyclic) bond motifs is 2. The average molecular weight is 342 g/mol. The van der Waals surface area contributed by atoms with E-state index in [0.29, 0.717) is 22.3 Å². The number of aliphatic hydroxyl groups is 1. The third kappa shape index (κ3) is 2.34. The van der Waals surface area contributed by atoms with Gasteiger partial charge in [-0.1, -0.05) is 18.2 Å². The van der Waals surface area contributed by atoms with Crippen molar-refractivity contribution < 1.29 is 13.9 Å². The summed E-state index contributed by atoms with van der Waals surface area (Å²) in [5.74, 6) is -1.23. The van der Waals surface area contributed by atoms with Crippen molar-refractivity contribution >= 4 is 16.6 Å². The molecule has 25 heavy (non-hydrogen) atoms. The number of benzene rings is 2. The summed E-state index contributed by atoms with van der Waals surface area (Å²) in [4.78, 5) is 3.11. The van der Waals surface area contributed by atoms with Gasteiger partial charge in [-0.05, 0) is 32.4 Å². The van der Waals surface area contributed by atoms with Crippen molar-refractivity contribution in [1.29, 1.82) is 0 Å². The lowest BCUT2D eigenvalue weighted by Gasteiger charge is -2.38. The quantitative estimate of drug-likeness (QED) is 0.608. The fourth-order valence-corrected chi connectivity index (χ4v) is 3.60. The molecular formula is C20H20F2N2O. The summed E-state index contributed by atoms with van der Waals surface area (Å²) < 4.78 is 30.1. The van der Waals surface area contributed by atoms with E-state index >= 15 is 4.39 Å². The number of aliphatic hydroxyl groups excluding tert-OH is 1. The highest BCUT2D eigenvalue weighted by Crippen LogP contribution is 2.40. The molecule has 3 aromatic rings. The summed E-state index contributed by atoms with van der Waals surface area (Å²) in [5, 5.41) is 14.3. The van der Waals surface area contributed by atoms with Crippen molar-refractivity contribution in [3.63, 3.8) is 0 Å². The molecule has 0 aliphatic carbocycles. The fraction of sp³-hybridized carbons (Fsp3) is 0.300. The normalized spacial score (nSPS) is 18.9. The Hall–Kier alpha value is -2.40. The van der Waals surface area contributed by atoms with Crippen LogP contribution in [-0.4, -0.2) is 21.7 Å². The number of aromatic nitrogens is 1. The zero-order chi connectivity index (χ0) is 17.9. The monoisotopic (exact) mass is 342 g/mol. The lowest BCUT2D eigenvalue weighted by Crippen LogP contribution is -2.48. The first-order valence-electron chi connectivity index (χ1n) is 8.34. The number of rotatable bonds is 1. The maximum Gasteiger partial charge on any atom is 0.139 e. The number of aryl methyl sites for hydroxylation is 1. The predicted octanol–water partition coefficient (Wildman–Crippen LogP) is 4.53. The largest absolute Gasteiger partial charge is 0.390 e. The Kier molecular flexibility index (Phi) is 3.41. The molecule has 2 heterocycles. The maximum absolute atomic E-state index is 15.3. The number of hydrogen-bond acceptors (Lipinski definition) is 2. The van der Waals surface area contributed by atoms with Gasteiger partial charge in [0, 0.05) is 34.8 Å². The number of anilines is 1. The molecule has 0 bridgehead atoms. The molecule has 0 saturated heterocycles. The van der Waals surface area contributed by atoms with Crippen LogP contribution >= 0.6 is 0 Å². The number of nitrogens with one attached hydrogen (secondary N) is 2. The van der Waals surface area contributed by atoms with Crippen molar-refractivity contribution in [1.82, 2.24) is 4.98 Å². The van der Waals surface area contributed by atoms with E-state index in [2.05, 4.69) is 10.3 Å². The van der Waals surface area contributed by atoms with E-state index in [4.69, 9.17) is 0 Å². The molecular weight excluding hydrogens is 322 g/mol. The van der Waals surface area contributed by atoms with Gasteiger partial charge in [0.05, 0.1) is 22.7 Å². The standard InChI is InChI=1S/C20H20F2N2O/c1-10-9-23-19-11(10)5-4-6-12(19)17-14(21)8-15-13(18(17)22)7-16(25)20(2,3)24-15/h4-6,8-9,16,23-25H,7H2,1-3H3/t16-/m1/s1.